The first kappa shape index (κ1) is 23.8. The van der Waals surface area contributed by atoms with E-state index in [1.54, 1.807) is 12.1 Å². The van der Waals surface area contributed by atoms with Crippen molar-refractivity contribution in [2.75, 3.05) is 52.8 Å². The number of nitrogens with one attached hydrogen (secondary N) is 2. The van der Waals surface area contributed by atoms with Crippen LogP contribution in [0.5, 0.6) is 17.2 Å². The maximum absolute atomic E-state index is 12.5. The number of benzene rings is 1. The Bertz CT molecular complexity index is 685. The van der Waals surface area contributed by atoms with Gasteiger partial charge in [-0.1, -0.05) is 13.3 Å². The van der Waals surface area contributed by atoms with Crippen LogP contribution in [0.15, 0.2) is 12.1 Å². The van der Waals surface area contributed by atoms with E-state index in [1.165, 1.54) is 21.3 Å². The average Bonchev–Trinajstić information content (AvgIpc) is 2.77. The lowest BCUT2D eigenvalue weighted by Crippen LogP contribution is -2.44. The summed E-state index contributed by atoms with van der Waals surface area (Å²) in [5.41, 5.74) is 0.585. The van der Waals surface area contributed by atoms with E-state index in [1.807, 2.05) is 0 Å². The van der Waals surface area contributed by atoms with Crippen molar-refractivity contribution in [3.05, 3.63) is 12.1 Å². The van der Waals surface area contributed by atoms with Gasteiger partial charge >= 0.3 is 0 Å². The standard InChI is InChI=1S/C22H35N3O5/c1-5-6-10-23-22(27)16-8-7-11-25(15-16)12-9-20(26)24-17-13-18(28-2)21(30-4)19(14-17)29-3/h13-14,16H,5-12,15H2,1-4H3,(H,23,27)(H,24,26). The Morgan fingerprint density at radius 1 is 1.13 bits per heavy atom. The Balaban J connectivity index is 1.86. The first-order valence-electron chi connectivity index (χ1n) is 10.6. The highest BCUT2D eigenvalue weighted by molar-refractivity contribution is 5.91. The number of carbonyl (C=O) groups is 2. The highest BCUT2D eigenvalue weighted by atomic mass is 16.5. The quantitative estimate of drug-likeness (QED) is 0.534. The summed E-state index contributed by atoms with van der Waals surface area (Å²) in [6.45, 7) is 5.08. The predicted molar refractivity (Wildman–Crippen MR) is 116 cm³/mol. The first-order valence-corrected chi connectivity index (χ1v) is 10.6. The highest BCUT2D eigenvalue weighted by Crippen LogP contribution is 2.39. The Kier molecular flexibility index (Phi) is 9.73. The fourth-order valence-corrected chi connectivity index (χ4v) is 3.64. The topological polar surface area (TPSA) is 89.1 Å². The molecule has 1 aliphatic heterocycles. The van der Waals surface area contributed by atoms with Crippen LogP contribution in [0.25, 0.3) is 0 Å². The summed E-state index contributed by atoms with van der Waals surface area (Å²) in [7, 11) is 4.61. The van der Waals surface area contributed by atoms with Crippen LogP contribution in [0.3, 0.4) is 0 Å². The van der Waals surface area contributed by atoms with Crippen LogP contribution in [0.4, 0.5) is 5.69 Å². The van der Waals surface area contributed by atoms with E-state index in [4.69, 9.17) is 14.2 Å². The van der Waals surface area contributed by atoms with Crippen LogP contribution in [-0.2, 0) is 9.59 Å². The number of rotatable bonds is 11. The number of methoxy groups -OCH3 is 3. The van der Waals surface area contributed by atoms with Gasteiger partial charge in [0.05, 0.1) is 27.2 Å². The molecule has 1 fully saturated rings. The van der Waals surface area contributed by atoms with Crippen LogP contribution < -0.4 is 24.8 Å². The molecule has 0 aliphatic carbocycles. The van der Waals surface area contributed by atoms with Crippen molar-refractivity contribution in [2.45, 2.75) is 39.0 Å². The highest BCUT2D eigenvalue weighted by Gasteiger charge is 2.25. The lowest BCUT2D eigenvalue weighted by molar-refractivity contribution is -0.126. The summed E-state index contributed by atoms with van der Waals surface area (Å²) in [5, 5.41) is 5.91. The minimum Gasteiger partial charge on any atom is -0.493 e. The third kappa shape index (κ3) is 6.79. The molecule has 1 heterocycles. The van der Waals surface area contributed by atoms with E-state index in [9.17, 15) is 9.59 Å². The van der Waals surface area contributed by atoms with Gasteiger partial charge in [-0.05, 0) is 25.8 Å². The fourth-order valence-electron chi connectivity index (χ4n) is 3.64. The number of nitrogens with zero attached hydrogens (tertiary/aromatic N) is 1. The lowest BCUT2D eigenvalue weighted by Gasteiger charge is -2.31. The molecule has 2 amide bonds. The van der Waals surface area contributed by atoms with Crippen molar-refractivity contribution in [1.29, 1.82) is 0 Å². The molecule has 2 rings (SSSR count). The molecule has 1 aliphatic rings. The Hall–Kier alpha value is -2.48. The predicted octanol–water partition coefficient (Wildman–Crippen LogP) is 2.67. The average molecular weight is 422 g/mol. The summed E-state index contributed by atoms with van der Waals surface area (Å²) in [4.78, 5) is 27.0. The molecule has 1 aromatic rings. The molecule has 0 radical (unpaired) electrons. The van der Waals surface area contributed by atoms with E-state index in [0.717, 1.165) is 38.8 Å². The number of amides is 2. The van der Waals surface area contributed by atoms with Crippen LogP contribution in [0.2, 0.25) is 0 Å². The number of carbonyl (C=O) groups excluding carboxylic acids is 2. The molecular weight excluding hydrogens is 386 g/mol. The normalized spacial score (nSPS) is 16.6. The molecule has 0 saturated carbocycles. The number of piperidine rings is 1. The summed E-state index contributed by atoms with van der Waals surface area (Å²) in [6.07, 6.45) is 4.30. The number of hydrogen-bond acceptors (Lipinski definition) is 6. The number of ether oxygens (including phenoxy) is 3. The van der Waals surface area contributed by atoms with E-state index in [-0.39, 0.29) is 17.7 Å². The Morgan fingerprint density at radius 3 is 2.43 bits per heavy atom. The van der Waals surface area contributed by atoms with E-state index < -0.39 is 0 Å². The summed E-state index contributed by atoms with van der Waals surface area (Å²) >= 11 is 0. The summed E-state index contributed by atoms with van der Waals surface area (Å²) < 4.78 is 15.9. The van der Waals surface area contributed by atoms with Crippen molar-refractivity contribution in [2.24, 2.45) is 5.92 Å². The Labute approximate surface area is 179 Å². The van der Waals surface area contributed by atoms with E-state index in [2.05, 4.69) is 22.5 Å². The fraction of sp³-hybridized carbons (Fsp3) is 0.636. The van der Waals surface area contributed by atoms with E-state index >= 15 is 0 Å². The van der Waals surface area contributed by atoms with Crippen molar-refractivity contribution >= 4 is 17.5 Å². The van der Waals surface area contributed by atoms with Gasteiger partial charge in [-0.15, -0.1) is 0 Å². The van der Waals surface area contributed by atoms with Gasteiger partial charge in [0, 0.05) is 43.9 Å². The third-order valence-electron chi connectivity index (χ3n) is 5.31. The molecule has 0 aromatic heterocycles. The van der Waals surface area contributed by atoms with Crippen molar-refractivity contribution in [1.82, 2.24) is 10.2 Å². The zero-order chi connectivity index (χ0) is 21.9. The van der Waals surface area contributed by atoms with Gasteiger partial charge in [-0.25, -0.2) is 0 Å². The first-order chi connectivity index (χ1) is 14.5. The maximum Gasteiger partial charge on any atom is 0.225 e. The minimum atomic E-state index is -0.0983. The molecule has 8 nitrogen and oxygen atoms in total. The largest absolute Gasteiger partial charge is 0.493 e. The second-order valence-corrected chi connectivity index (χ2v) is 7.50. The molecule has 1 saturated heterocycles. The molecule has 1 unspecified atom stereocenters. The monoisotopic (exact) mass is 421 g/mol. The smallest absolute Gasteiger partial charge is 0.225 e. The van der Waals surface area contributed by atoms with Gasteiger partial charge in [0.2, 0.25) is 17.6 Å². The summed E-state index contributed by atoms with van der Waals surface area (Å²) in [5.74, 6) is 1.50. The zero-order valence-electron chi connectivity index (χ0n) is 18.6. The second kappa shape index (κ2) is 12.3. The van der Waals surface area contributed by atoms with E-state index in [0.29, 0.717) is 42.4 Å². The lowest BCUT2D eigenvalue weighted by atomic mass is 9.97. The van der Waals surface area contributed by atoms with Crippen LogP contribution in [0, 0.1) is 5.92 Å². The SMILES string of the molecule is CCCCNC(=O)C1CCCN(CCC(=O)Nc2cc(OC)c(OC)c(OC)c2)C1. The van der Waals surface area contributed by atoms with Crippen molar-refractivity contribution in [3.8, 4) is 17.2 Å². The van der Waals surface area contributed by atoms with Crippen molar-refractivity contribution < 1.29 is 23.8 Å². The zero-order valence-corrected chi connectivity index (χ0v) is 18.6. The molecule has 1 atom stereocenters. The van der Waals surface area contributed by atoms with Gasteiger partial charge < -0.3 is 29.7 Å². The molecule has 168 valence electrons. The second-order valence-electron chi connectivity index (χ2n) is 7.50. The van der Waals surface area contributed by atoms with Gasteiger partial charge in [0.25, 0.3) is 0 Å². The number of unbranched alkanes of at least 4 members (excludes halogenated alkanes) is 1. The molecule has 8 heteroatoms. The summed E-state index contributed by atoms with van der Waals surface area (Å²) in [6, 6.07) is 3.41. The molecule has 0 spiro atoms. The Morgan fingerprint density at radius 2 is 1.83 bits per heavy atom. The van der Waals surface area contributed by atoms with Crippen LogP contribution in [-0.4, -0.2) is 64.2 Å². The van der Waals surface area contributed by atoms with Crippen molar-refractivity contribution in [3.63, 3.8) is 0 Å². The number of likely N-dealkylation sites (tertiary alicyclic amines) is 1. The van der Waals surface area contributed by atoms with Gasteiger partial charge in [-0.2, -0.15) is 0 Å². The van der Waals surface area contributed by atoms with Gasteiger partial charge in [0.15, 0.2) is 11.5 Å². The van der Waals surface area contributed by atoms with Gasteiger partial charge in [0.1, 0.15) is 0 Å². The minimum absolute atomic E-state index is 0.00813. The number of anilines is 1. The molecule has 30 heavy (non-hydrogen) atoms. The molecular formula is C22H35N3O5. The van der Waals surface area contributed by atoms with Gasteiger partial charge in [-0.3, -0.25) is 9.59 Å². The van der Waals surface area contributed by atoms with Crippen LogP contribution in [0.1, 0.15) is 39.0 Å². The third-order valence-corrected chi connectivity index (χ3v) is 5.31. The molecule has 0 bridgehead atoms. The maximum atomic E-state index is 12.5. The molecule has 2 N–H and O–H groups in total. The number of hydrogen-bond donors (Lipinski definition) is 2. The van der Waals surface area contributed by atoms with Crippen LogP contribution >= 0.6 is 0 Å². The molecule has 1 aromatic carbocycles.